The van der Waals surface area contributed by atoms with Gasteiger partial charge in [0.2, 0.25) is 5.95 Å². The van der Waals surface area contributed by atoms with Crippen LogP contribution in [0.25, 0.3) is 11.3 Å². The van der Waals surface area contributed by atoms with Crippen LogP contribution in [0, 0.1) is 5.95 Å². The van der Waals surface area contributed by atoms with Crippen LogP contribution < -0.4 is 0 Å². The van der Waals surface area contributed by atoms with Crippen LogP contribution in [0.1, 0.15) is 70.0 Å². The van der Waals surface area contributed by atoms with E-state index in [0.29, 0.717) is 17.7 Å². The van der Waals surface area contributed by atoms with Crippen LogP contribution in [-0.2, 0) is 0 Å². The number of aromatic hydroxyl groups is 1. The van der Waals surface area contributed by atoms with E-state index in [-0.39, 0.29) is 11.3 Å². The lowest BCUT2D eigenvalue weighted by molar-refractivity contribution is 0.300. The lowest BCUT2D eigenvalue weighted by Crippen LogP contribution is -2.00. The van der Waals surface area contributed by atoms with Crippen LogP contribution in [0.5, 0.6) is 5.75 Å². The largest absolute Gasteiger partial charge is 0.508 e. The average Bonchev–Trinajstić information content (AvgIpc) is 2.61. The number of phenolic OH excluding ortho intramolecular Hbond substituents is 1. The first-order valence-electron chi connectivity index (χ1n) is 9.21. The van der Waals surface area contributed by atoms with Gasteiger partial charge >= 0.3 is 0 Å². The quantitative estimate of drug-likeness (QED) is 0.381. The topological polar surface area (TPSA) is 33.1 Å². The molecule has 0 saturated carbocycles. The summed E-state index contributed by atoms with van der Waals surface area (Å²) in [5, 5.41) is 9.29. The average molecular weight is 347 g/mol. The van der Waals surface area contributed by atoms with Gasteiger partial charge in [-0.05, 0) is 42.8 Å². The van der Waals surface area contributed by atoms with Crippen molar-refractivity contribution in [2.45, 2.75) is 64.5 Å². The second-order valence-electron chi connectivity index (χ2n) is 6.50. The van der Waals surface area contributed by atoms with Gasteiger partial charge in [0, 0.05) is 11.1 Å². The smallest absolute Gasteiger partial charge is 0.219 e. The van der Waals surface area contributed by atoms with Crippen LogP contribution in [-0.4, -0.2) is 10.1 Å². The van der Waals surface area contributed by atoms with E-state index in [9.17, 15) is 13.9 Å². The summed E-state index contributed by atoms with van der Waals surface area (Å²) >= 11 is 0. The highest BCUT2D eigenvalue weighted by atomic mass is 19.1. The van der Waals surface area contributed by atoms with E-state index in [4.69, 9.17) is 0 Å². The van der Waals surface area contributed by atoms with Crippen LogP contribution in [0.3, 0.4) is 0 Å². The van der Waals surface area contributed by atoms with Gasteiger partial charge in [-0.1, -0.05) is 51.9 Å². The van der Waals surface area contributed by atoms with Gasteiger partial charge in [-0.2, -0.15) is 4.39 Å². The first kappa shape index (κ1) is 19.4. The van der Waals surface area contributed by atoms with Crippen molar-refractivity contribution in [2.75, 3.05) is 0 Å². The zero-order chi connectivity index (χ0) is 18.1. The molecule has 25 heavy (non-hydrogen) atoms. The molecule has 4 heteroatoms. The zero-order valence-electron chi connectivity index (χ0n) is 14.8. The number of benzene rings is 1. The van der Waals surface area contributed by atoms with Gasteiger partial charge in [0.15, 0.2) is 0 Å². The Balaban J connectivity index is 1.86. The number of pyridine rings is 1. The SMILES string of the molecule is CCCCCCCCCC(F)c1ccc(-c2ccc(O)cc2)nc1F. The molecule has 0 spiro atoms. The fourth-order valence-electron chi connectivity index (χ4n) is 2.91. The number of halogens is 2. The summed E-state index contributed by atoms with van der Waals surface area (Å²) in [6.45, 7) is 2.18. The van der Waals surface area contributed by atoms with E-state index in [1.807, 2.05) is 0 Å². The van der Waals surface area contributed by atoms with E-state index in [2.05, 4.69) is 11.9 Å². The third-order valence-electron chi connectivity index (χ3n) is 4.44. The highest BCUT2D eigenvalue weighted by Crippen LogP contribution is 2.28. The van der Waals surface area contributed by atoms with Crippen molar-refractivity contribution in [1.82, 2.24) is 4.98 Å². The second kappa shape index (κ2) is 10.1. The maximum atomic E-state index is 14.3. The van der Waals surface area contributed by atoms with Crippen molar-refractivity contribution in [1.29, 1.82) is 0 Å². The van der Waals surface area contributed by atoms with Gasteiger partial charge in [0.25, 0.3) is 0 Å². The molecule has 1 atom stereocenters. The van der Waals surface area contributed by atoms with Crippen LogP contribution in [0.4, 0.5) is 8.78 Å². The number of aromatic nitrogens is 1. The minimum atomic E-state index is -1.31. The third kappa shape index (κ3) is 6.11. The monoisotopic (exact) mass is 347 g/mol. The van der Waals surface area contributed by atoms with E-state index in [1.54, 1.807) is 18.2 Å². The first-order valence-corrected chi connectivity index (χ1v) is 9.21. The number of rotatable bonds is 10. The Morgan fingerprint density at radius 1 is 0.920 bits per heavy atom. The summed E-state index contributed by atoms with van der Waals surface area (Å²) in [7, 11) is 0. The fraction of sp³-hybridized carbons (Fsp3) is 0.476. The van der Waals surface area contributed by atoms with Crippen molar-refractivity contribution in [3.63, 3.8) is 0 Å². The van der Waals surface area contributed by atoms with Gasteiger partial charge in [0.05, 0.1) is 5.69 Å². The summed E-state index contributed by atoms with van der Waals surface area (Å²) in [5.74, 6) is -0.611. The Hall–Kier alpha value is -1.97. The minimum absolute atomic E-state index is 0.0357. The standard InChI is InChI=1S/C21H27F2NO/c1-2-3-4-5-6-7-8-9-19(22)18-14-15-20(24-21(18)23)16-10-12-17(25)13-11-16/h10-15,19,25H,2-9H2,1H3. The van der Waals surface area contributed by atoms with Crippen molar-refractivity contribution < 1.29 is 13.9 Å². The molecule has 0 aliphatic rings. The molecule has 0 amide bonds. The Labute approximate surface area is 148 Å². The van der Waals surface area contributed by atoms with Gasteiger partial charge in [-0.3, -0.25) is 0 Å². The number of alkyl halides is 1. The van der Waals surface area contributed by atoms with E-state index >= 15 is 0 Å². The Bertz CT molecular complexity index is 643. The Kier molecular flexibility index (Phi) is 7.83. The maximum Gasteiger partial charge on any atom is 0.219 e. The van der Waals surface area contributed by atoms with Crippen LogP contribution in [0.15, 0.2) is 36.4 Å². The van der Waals surface area contributed by atoms with E-state index < -0.39 is 12.1 Å². The number of phenols is 1. The van der Waals surface area contributed by atoms with Crippen molar-refractivity contribution in [2.24, 2.45) is 0 Å². The molecule has 136 valence electrons. The molecule has 0 saturated heterocycles. The lowest BCUT2D eigenvalue weighted by Gasteiger charge is -2.10. The summed E-state index contributed by atoms with van der Waals surface area (Å²) < 4.78 is 28.5. The van der Waals surface area contributed by atoms with Gasteiger partial charge < -0.3 is 5.11 Å². The van der Waals surface area contributed by atoms with Crippen molar-refractivity contribution in [3.8, 4) is 17.0 Å². The molecule has 1 unspecified atom stereocenters. The maximum absolute atomic E-state index is 14.3. The molecule has 2 nitrogen and oxygen atoms in total. The summed E-state index contributed by atoms with van der Waals surface area (Å²) in [6.07, 6.45) is 6.83. The molecule has 2 aromatic rings. The molecule has 1 heterocycles. The van der Waals surface area contributed by atoms with Crippen LogP contribution >= 0.6 is 0 Å². The van der Waals surface area contributed by atoms with Gasteiger partial charge in [-0.25, -0.2) is 9.37 Å². The first-order chi connectivity index (χ1) is 12.1. The van der Waals surface area contributed by atoms with Crippen molar-refractivity contribution in [3.05, 3.63) is 47.9 Å². The molecular weight excluding hydrogens is 320 g/mol. The minimum Gasteiger partial charge on any atom is -0.508 e. The second-order valence-corrected chi connectivity index (χ2v) is 6.50. The Morgan fingerprint density at radius 2 is 1.56 bits per heavy atom. The Morgan fingerprint density at radius 3 is 2.20 bits per heavy atom. The van der Waals surface area contributed by atoms with Gasteiger partial charge in [-0.15, -0.1) is 0 Å². The molecule has 1 aromatic heterocycles. The zero-order valence-corrected chi connectivity index (χ0v) is 14.8. The summed E-state index contributed by atoms with van der Waals surface area (Å²) in [5.41, 5.74) is 1.16. The highest BCUT2D eigenvalue weighted by Gasteiger charge is 2.16. The molecular formula is C21H27F2NO. The predicted molar refractivity (Wildman–Crippen MR) is 97.8 cm³/mol. The molecule has 0 fully saturated rings. The predicted octanol–water partition coefficient (Wildman–Crippen LogP) is 6.74. The number of unbranched alkanes of at least 4 members (excludes halogenated alkanes) is 6. The number of hydrogen-bond acceptors (Lipinski definition) is 2. The van der Waals surface area contributed by atoms with E-state index in [1.165, 1.54) is 43.9 Å². The molecule has 0 aliphatic carbocycles. The van der Waals surface area contributed by atoms with Crippen LogP contribution in [0.2, 0.25) is 0 Å². The normalized spacial score (nSPS) is 12.3. The molecule has 2 rings (SSSR count). The molecule has 1 aromatic carbocycles. The fourth-order valence-corrected chi connectivity index (χ4v) is 2.91. The third-order valence-corrected chi connectivity index (χ3v) is 4.44. The molecule has 1 N–H and O–H groups in total. The van der Waals surface area contributed by atoms with E-state index in [0.717, 1.165) is 19.3 Å². The van der Waals surface area contributed by atoms with Crippen molar-refractivity contribution >= 4 is 0 Å². The summed E-state index contributed by atoms with van der Waals surface area (Å²) in [6, 6.07) is 9.45. The molecule has 0 bridgehead atoms. The summed E-state index contributed by atoms with van der Waals surface area (Å²) in [4.78, 5) is 3.88. The molecule has 0 radical (unpaired) electrons. The number of hydrogen-bond donors (Lipinski definition) is 1. The van der Waals surface area contributed by atoms with Gasteiger partial charge in [0.1, 0.15) is 11.9 Å². The highest BCUT2D eigenvalue weighted by molar-refractivity contribution is 5.60. The lowest BCUT2D eigenvalue weighted by atomic mass is 10.0. The number of nitrogens with zero attached hydrogens (tertiary/aromatic N) is 1. The molecule has 0 aliphatic heterocycles.